The minimum absolute atomic E-state index is 0.0171. The average Bonchev–Trinajstić information content (AvgIpc) is 3.42. The van der Waals surface area contributed by atoms with E-state index in [1.54, 1.807) is 29.2 Å². The van der Waals surface area contributed by atoms with Crippen LogP contribution in [0.2, 0.25) is 5.15 Å². The van der Waals surface area contributed by atoms with Gasteiger partial charge in [-0.3, -0.25) is 23.9 Å². The number of nitrogens with zero attached hydrogens (tertiary/aromatic N) is 4. The molecule has 0 radical (unpaired) electrons. The van der Waals surface area contributed by atoms with Gasteiger partial charge in [0.1, 0.15) is 29.8 Å². The number of aromatic nitrogens is 3. The molecule has 1 unspecified atom stereocenters. The lowest BCUT2D eigenvalue weighted by Crippen LogP contribution is -2.41. The highest BCUT2D eigenvalue weighted by atomic mass is 35.5. The maximum Gasteiger partial charge on any atom is 0.245 e. The minimum atomic E-state index is -0.374. The number of nitrogens with one attached hydrogen (secondary N) is 2. The van der Waals surface area contributed by atoms with Crippen LogP contribution in [0.5, 0.6) is 0 Å². The number of Topliss-reactive ketones (excluding diaryl/α,β-unsaturated/α-hetero) is 2. The summed E-state index contributed by atoms with van der Waals surface area (Å²) in [6.45, 7) is 2.03. The number of halogens is 1. The minimum Gasteiger partial charge on any atom is -0.329 e. The molecule has 1 saturated carbocycles. The van der Waals surface area contributed by atoms with Crippen LogP contribution in [0.4, 0.5) is 5.82 Å². The number of carbonyl (C=O) groups excluding carboxylic acids is 4. The van der Waals surface area contributed by atoms with E-state index in [0.717, 1.165) is 37.8 Å². The Bertz CT molecular complexity index is 1410. The molecule has 3 heterocycles. The van der Waals surface area contributed by atoms with Gasteiger partial charge in [-0.2, -0.15) is 5.10 Å². The first-order valence-electron chi connectivity index (χ1n) is 12.8. The molecule has 1 aliphatic carbocycles. The normalized spacial score (nSPS) is 16.9. The van der Waals surface area contributed by atoms with Crippen molar-refractivity contribution < 1.29 is 19.2 Å². The molecule has 0 bridgehead atoms. The molecule has 11 heteroatoms. The van der Waals surface area contributed by atoms with Crippen molar-refractivity contribution in [2.45, 2.75) is 57.7 Å². The first kappa shape index (κ1) is 26.0. The number of hydrogen-bond acceptors (Lipinski definition) is 7. The quantitative estimate of drug-likeness (QED) is 0.301. The zero-order chi connectivity index (χ0) is 26.8. The van der Waals surface area contributed by atoms with Gasteiger partial charge in [0, 0.05) is 24.8 Å². The van der Waals surface area contributed by atoms with E-state index in [1.165, 1.54) is 11.6 Å². The Labute approximate surface area is 224 Å². The number of pyridine rings is 1. The van der Waals surface area contributed by atoms with Crippen molar-refractivity contribution in [2.24, 2.45) is 0 Å². The lowest BCUT2D eigenvalue weighted by atomic mass is 10.0. The molecule has 1 aromatic carbocycles. The maximum absolute atomic E-state index is 13.3. The SMILES string of the molecule is CC(=O)c1nn(CC(=O)N(CC(=O)Nc2cccc(Cl)n2)C2CC2)c2ccc(CC(=O)C3CCCN3)cc12. The van der Waals surface area contributed by atoms with Gasteiger partial charge in [-0.1, -0.05) is 23.7 Å². The maximum atomic E-state index is 13.3. The highest BCUT2D eigenvalue weighted by Crippen LogP contribution is 2.28. The Morgan fingerprint density at radius 2 is 1.97 bits per heavy atom. The van der Waals surface area contributed by atoms with E-state index in [-0.39, 0.29) is 65.8 Å². The molecule has 2 fully saturated rings. The fourth-order valence-corrected chi connectivity index (χ4v) is 5.01. The standard InChI is InChI=1S/C27H29ClN6O4/c1-16(35)27-19-12-17(13-22(36)20-4-3-11-29-20)7-10-21(19)34(32-27)15-26(38)33(18-8-9-18)14-25(37)31-24-6-2-5-23(28)30-24/h2,5-7,10,12,18,20,29H,3-4,8-9,11,13-15H2,1H3,(H,30,31,37). The molecule has 3 aromatic rings. The molecule has 2 amide bonds. The Hall–Kier alpha value is -3.63. The van der Waals surface area contributed by atoms with E-state index in [4.69, 9.17) is 11.6 Å². The molecule has 10 nitrogen and oxygen atoms in total. The van der Waals surface area contributed by atoms with Gasteiger partial charge >= 0.3 is 0 Å². The second-order valence-corrected chi connectivity index (χ2v) is 10.2. The monoisotopic (exact) mass is 536 g/mol. The number of amides is 2. The highest BCUT2D eigenvalue weighted by Gasteiger charge is 2.34. The Balaban J connectivity index is 1.32. The summed E-state index contributed by atoms with van der Waals surface area (Å²) in [6, 6.07) is 10.2. The van der Waals surface area contributed by atoms with Gasteiger partial charge < -0.3 is 15.5 Å². The van der Waals surface area contributed by atoms with Crippen molar-refractivity contribution >= 4 is 51.7 Å². The van der Waals surface area contributed by atoms with Crippen LogP contribution in [-0.2, 0) is 27.3 Å². The fraction of sp³-hybridized carbons (Fsp3) is 0.407. The van der Waals surface area contributed by atoms with Crippen LogP contribution in [0, 0.1) is 0 Å². The number of rotatable bonds is 10. The Morgan fingerprint density at radius 3 is 2.66 bits per heavy atom. The second kappa shape index (κ2) is 11.0. The average molecular weight is 537 g/mol. The number of fused-ring (bicyclic) bond motifs is 1. The summed E-state index contributed by atoms with van der Waals surface area (Å²) in [6.07, 6.45) is 3.73. The largest absolute Gasteiger partial charge is 0.329 e. The predicted octanol–water partition coefficient (Wildman–Crippen LogP) is 2.78. The van der Waals surface area contributed by atoms with Gasteiger partial charge in [-0.15, -0.1) is 0 Å². The van der Waals surface area contributed by atoms with Crippen molar-refractivity contribution in [1.82, 2.24) is 25.0 Å². The Morgan fingerprint density at radius 1 is 1.16 bits per heavy atom. The summed E-state index contributed by atoms with van der Waals surface area (Å²) >= 11 is 5.89. The van der Waals surface area contributed by atoms with Crippen LogP contribution in [0.3, 0.4) is 0 Å². The van der Waals surface area contributed by atoms with Gasteiger partial charge in [0.05, 0.1) is 11.6 Å². The number of benzene rings is 1. The van der Waals surface area contributed by atoms with Crippen molar-refractivity contribution in [3.63, 3.8) is 0 Å². The molecular weight excluding hydrogens is 508 g/mol. The summed E-state index contributed by atoms with van der Waals surface area (Å²) < 4.78 is 1.50. The van der Waals surface area contributed by atoms with Crippen LogP contribution < -0.4 is 10.6 Å². The molecule has 5 rings (SSSR count). The molecule has 2 aliphatic rings. The van der Waals surface area contributed by atoms with E-state index in [9.17, 15) is 19.2 Å². The van der Waals surface area contributed by atoms with Crippen LogP contribution in [0.1, 0.15) is 48.7 Å². The number of hydrogen-bond donors (Lipinski definition) is 2. The van der Waals surface area contributed by atoms with E-state index in [1.807, 2.05) is 12.1 Å². The van der Waals surface area contributed by atoms with Gasteiger partial charge in [0.2, 0.25) is 11.8 Å². The summed E-state index contributed by atoms with van der Waals surface area (Å²) in [5.41, 5.74) is 1.68. The van der Waals surface area contributed by atoms with E-state index in [2.05, 4.69) is 20.7 Å². The lowest BCUT2D eigenvalue weighted by Gasteiger charge is -2.22. The van der Waals surface area contributed by atoms with Crippen LogP contribution in [-0.4, -0.2) is 68.2 Å². The molecule has 0 spiro atoms. The summed E-state index contributed by atoms with van der Waals surface area (Å²) in [5, 5.41) is 11.2. The van der Waals surface area contributed by atoms with Crippen LogP contribution in [0.15, 0.2) is 36.4 Å². The smallest absolute Gasteiger partial charge is 0.245 e. The number of anilines is 1. The number of carbonyl (C=O) groups is 4. The number of ketones is 2. The second-order valence-electron chi connectivity index (χ2n) is 9.85. The molecule has 1 aliphatic heterocycles. The highest BCUT2D eigenvalue weighted by molar-refractivity contribution is 6.29. The van der Waals surface area contributed by atoms with Crippen LogP contribution in [0.25, 0.3) is 10.9 Å². The van der Waals surface area contributed by atoms with Crippen molar-refractivity contribution in [2.75, 3.05) is 18.4 Å². The van der Waals surface area contributed by atoms with E-state index < -0.39 is 0 Å². The zero-order valence-electron chi connectivity index (χ0n) is 21.1. The fourth-order valence-electron chi connectivity index (χ4n) is 4.84. The van der Waals surface area contributed by atoms with Crippen molar-refractivity contribution in [1.29, 1.82) is 0 Å². The summed E-state index contributed by atoms with van der Waals surface area (Å²) in [7, 11) is 0. The van der Waals surface area contributed by atoms with Crippen LogP contribution >= 0.6 is 11.6 Å². The first-order chi connectivity index (χ1) is 18.3. The molecule has 1 saturated heterocycles. The summed E-state index contributed by atoms with van der Waals surface area (Å²) in [5.74, 6) is -0.434. The first-order valence-corrected chi connectivity index (χ1v) is 13.1. The topological polar surface area (TPSA) is 126 Å². The lowest BCUT2D eigenvalue weighted by molar-refractivity contribution is -0.135. The molecule has 1 atom stereocenters. The zero-order valence-corrected chi connectivity index (χ0v) is 21.8. The third kappa shape index (κ3) is 5.92. The molecular formula is C27H29ClN6O4. The molecule has 198 valence electrons. The van der Waals surface area contributed by atoms with Gasteiger partial charge in [0.15, 0.2) is 11.6 Å². The third-order valence-electron chi connectivity index (χ3n) is 6.87. The summed E-state index contributed by atoms with van der Waals surface area (Å²) in [4.78, 5) is 56.6. The molecule has 2 N–H and O–H groups in total. The molecule has 38 heavy (non-hydrogen) atoms. The van der Waals surface area contributed by atoms with Crippen molar-refractivity contribution in [3.05, 3.63) is 52.8 Å². The van der Waals surface area contributed by atoms with E-state index in [0.29, 0.717) is 16.7 Å². The van der Waals surface area contributed by atoms with Gasteiger partial charge in [-0.05, 0) is 62.1 Å². The van der Waals surface area contributed by atoms with Crippen molar-refractivity contribution in [3.8, 4) is 0 Å². The third-order valence-corrected chi connectivity index (χ3v) is 7.08. The van der Waals surface area contributed by atoms with Gasteiger partial charge in [-0.25, -0.2) is 4.98 Å². The predicted molar refractivity (Wildman–Crippen MR) is 142 cm³/mol. The van der Waals surface area contributed by atoms with Gasteiger partial charge in [0.25, 0.3) is 0 Å². The Kier molecular flexibility index (Phi) is 7.53. The molecule has 2 aromatic heterocycles. The van der Waals surface area contributed by atoms with E-state index >= 15 is 0 Å².